The summed E-state index contributed by atoms with van der Waals surface area (Å²) in [5.41, 5.74) is 1.78. The van der Waals surface area contributed by atoms with Crippen LogP contribution in [0.3, 0.4) is 0 Å². The van der Waals surface area contributed by atoms with Gasteiger partial charge in [-0.25, -0.2) is 0 Å². The molecular formula is C20H15Cl2NO2S2. The topological polar surface area (TPSA) is 29.5 Å². The highest BCUT2D eigenvalue weighted by molar-refractivity contribution is 8.26. The zero-order chi connectivity index (χ0) is 19.4. The maximum atomic E-state index is 12.4. The first-order valence-corrected chi connectivity index (χ1v) is 9.99. The number of thiocarbonyl (C=S) groups is 1. The Morgan fingerprint density at radius 2 is 2.00 bits per heavy atom. The van der Waals surface area contributed by atoms with Gasteiger partial charge in [-0.2, -0.15) is 0 Å². The Morgan fingerprint density at radius 3 is 2.74 bits per heavy atom. The summed E-state index contributed by atoms with van der Waals surface area (Å²) in [4.78, 5) is 14.5. The minimum absolute atomic E-state index is 0.105. The molecule has 138 valence electrons. The monoisotopic (exact) mass is 435 g/mol. The molecule has 27 heavy (non-hydrogen) atoms. The number of ether oxygens (including phenoxy) is 1. The second-order valence-corrected chi connectivity index (χ2v) is 8.18. The molecule has 0 saturated carbocycles. The van der Waals surface area contributed by atoms with Gasteiger partial charge in [0.2, 0.25) is 0 Å². The van der Waals surface area contributed by atoms with Crippen LogP contribution in [0.4, 0.5) is 0 Å². The molecule has 1 amide bonds. The second-order valence-electron chi connectivity index (χ2n) is 5.69. The van der Waals surface area contributed by atoms with Gasteiger partial charge >= 0.3 is 0 Å². The van der Waals surface area contributed by atoms with E-state index in [9.17, 15) is 4.79 Å². The van der Waals surface area contributed by atoms with Gasteiger partial charge in [-0.1, -0.05) is 71.5 Å². The van der Waals surface area contributed by atoms with Crippen LogP contribution in [0.2, 0.25) is 10.0 Å². The van der Waals surface area contributed by atoms with Crippen molar-refractivity contribution in [2.24, 2.45) is 0 Å². The predicted molar refractivity (Wildman–Crippen MR) is 117 cm³/mol. The summed E-state index contributed by atoms with van der Waals surface area (Å²) in [6, 6.07) is 12.9. The fraction of sp³-hybridized carbons (Fsp3) is 0.100. The molecule has 0 spiro atoms. The van der Waals surface area contributed by atoms with Gasteiger partial charge in [-0.15, -0.1) is 6.58 Å². The first-order chi connectivity index (χ1) is 13.0. The van der Waals surface area contributed by atoms with Crippen LogP contribution in [0, 0.1) is 0 Å². The molecule has 7 heteroatoms. The molecule has 1 fully saturated rings. The first kappa shape index (κ1) is 20.0. The van der Waals surface area contributed by atoms with Crippen molar-refractivity contribution in [3.8, 4) is 5.75 Å². The molecule has 0 radical (unpaired) electrons. The number of hydrogen-bond acceptors (Lipinski definition) is 4. The molecule has 0 aliphatic carbocycles. The highest BCUT2D eigenvalue weighted by Gasteiger charge is 2.30. The third-order valence-electron chi connectivity index (χ3n) is 3.73. The van der Waals surface area contributed by atoms with Gasteiger partial charge in [0.15, 0.2) is 0 Å². The van der Waals surface area contributed by atoms with Gasteiger partial charge in [-0.3, -0.25) is 9.69 Å². The van der Waals surface area contributed by atoms with Gasteiger partial charge in [-0.05, 0) is 41.5 Å². The molecule has 0 N–H and O–H groups in total. The van der Waals surface area contributed by atoms with E-state index >= 15 is 0 Å². The van der Waals surface area contributed by atoms with Gasteiger partial charge in [0, 0.05) is 6.54 Å². The zero-order valence-electron chi connectivity index (χ0n) is 14.2. The van der Waals surface area contributed by atoms with Gasteiger partial charge < -0.3 is 4.74 Å². The van der Waals surface area contributed by atoms with Crippen LogP contribution in [0.15, 0.2) is 60.0 Å². The van der Waals surface area contributed by atoms with Crippen LogP contribution >= 0.6 is 47.2 Å². The van der Waals surface area contributed by atoms with Crippen molar-refractivity contribution in [2.75, 3.05) is 6.54 Å². The fourth-order valence-corrected chi connectivity index (χ4v) is 4.02. The zero-order valence-corrected chi connectivity index (χ0v) is 17.3. The molecule has 2 aromatic rings. The summed E-state index contributed by atoms with van der Waals surface area (Å²) >= 11 is 18.5. The molecule has 0 bridgehead atoms. The largest absolute Gasteiger partial charge is 0.489 e. The number of rotatable bonds is 6. The van der Waals surface area contributed by atoms with Crippen LogP contribution < -0.4 is 4.74 Å². The van der Waals surface area contributed by atoms with E-state index in [1.54, 1.807) is 18.2 Å². The van der Waals surface area contributed by atoms with Crippen molar-refractivity contribution in [1.29, 1.82) is 0 Å². The standard InChI is InChI=1S/C20H15Cl2NO2S2/c1-2-8-23-19(24)18(27-20(23)26)11-13-4-3-5-15(9-13)25-12-14-6-7-16(21)17(22)10-14/h2-7,9-11H,1,8,12H2/b18-11-. The highest BCUT2D eigenvalue weighted by Crippen LogP contribution is 2.33. The van der Waals surface area contributed by atoms with Crippen molar-refractivity contribution in [3.05, 3.63) is 81.2 Å². The van der Waals surface area contributed by atoms with Crippen molar-refractivity contribution < 1.29 is 9.53 Å². The lowest BCUT2D eigenvalue weighted by atomic mass is 10.2. The molecule has 3 nitrogen and oxygen atoms in total. The van der Waals surface area contributed by atoms with E-state index in [-0.39, 0.29) is 5.91 Å². The van der Waals surface area contributed by atoms with E-state index in [0.29, 0.717) is 38.2 Å². The number of carbonyl (C=O) groups is 1. The lowest BCUT2D eigenvalue weighted by Gasteiger charge is -2.10. The molecule has 1 saturated heterocycles. The number of thioether (sulfide) groups is 1. The van der Waals surface area contributed by atoms with Crippen molar-refractivity contribution in [1.82, 2.24) is 4.90 Å². The molecule has 1 aliphatic rings. The molecule has 0 atom stereocenters. The number of nitrogens with zero attached hydrogens (tertiary/aromatic N) is 1. The van der Waals surface area contributed by atoms with Crippen LogP contribution in [-0.4, -0.2) is 21.7 Å². The van der Waals surface area contributed by atoms with Crippen molar-refractivity contribution >= 4 is 63.5 Å². The summed E-state index contributed by atoms with van der Waals surface area (Å²) in [5.74, 6) is 0.587. The molecule has 2 aromatic carbocycles. The second kappa shape index (κ2) is 8.93. The van der Waals surface area contributed by atoms with Crippen LogP contribution in [0.1, 0.15) is 11.1 Å². The smallest absolute Gasteiger partial charge is 0.266 e. The maximum Gasteiger partial charge on any atom is 0.266 e. The molecule has 1 heterocycles. The maximum absolute atomic E-state index is 12.4. The summed E-state index contributed by atoms with van der Waals surface area (Å²) < 4.78 is 6.37. The molecule has 0 unspecified atom stereocenters. The lowest BCUT2D eigenvalue weighted by Crippen LogP contribution is -2.27. The summed E-state index contributed by atoms with van der Waals surface area (Å²) in [6.45, 7) is 4.43. The van der Waals surface area contributed by atoms with E-state index in [4.69, 9.17) is 40.2 Å². The molecule has 0 aromatic heterocycles. The molecule has 3 rings (SSSR count). The molecule has 1 aliphatic heterocycles. The van der Waals surface area contributed by atoms with E-state index in [1.165, 1.54) is 16.7 Å². The van der Waals surface area contributed by atoms with Crippen molar-refractivity contribution in [3.63, 3.8) is 0 Å². The van der Waals surface area contributed by atoms with E-state index in [2.05, 4.69) is 6.58 Å². The highest BCUT2D eigenvalue weighted by atomic mass is 35.5. The van der Waals surface area contributed by atoms with E-state index in [0.717, 1.165) is 11.1 Å². The predicted octanol–water partition coefficient (Wildman–Crippen LogP) is 5.96. The minimum Gasteiger partial charge on any atom is -0.489 e. The van der Waals surface area contributed by atoms with Gasteiger partial charge in [0.1, 0.15) is 16.7 Å². The third kappa shape index (κ3) is 4.93. The number of halogens is 2. The lowest BCUT2D eigenvalue weighted by molar-refractivity contribution is -0.121. The van der Waals surface area contributed by atoms with Crippen LogP contribution in [0.25, 0.3) is 6.08 Å². The number of amides is 1. The average Bonchev–Trinajstić information content (AvgIpc) is 2.91. The number of benzene rings is 2. The average molecular weight is 436 g/mol. The summed E-state index contributed by atoms with van der Waals surface area (Å²) in [7, 11) is 0. The van der Waals surface area contributed by atoms with Crippen LogP contribution in [0.5, 0.6) is 5.75 Å². The Morgan fingerprint density at radius 1 is 1.19 bits per heavy atom. The van der Waals surface area contributed by atoms with Crippen molar-refractivity contribution in [2.45, 2.75) is 6.61 Å². The Kier molecular flexibility index (Phi) is 6.60. The number of carbonyl (C=O) groups excluding carboxylic acids is 1. The van der Waals surface area contributed by atoms with Gasteiger partial charge in [0.05, 0.1) is 15.0 Å². The Labute approximate surface area is 177 Å². The summed E-state index contributed by atoms with van der Waals surface area (Å²) in [6.07, 6.45) is 3.47. The van der Waals surface area contributed by atoms with Crippen LogP contribution in [-0.2, 0) is 11.4 Å². The van der Waals surface area contributed by atoms with E-state index < -0.39 is 0 Å². The fourth-order valence-electron chi connectivity index (χ4n) is 2.43. The third-order valence-corrected chi connectivity index (χ3v) is 5.85. The first-order valence-electron chi connectivity index (χ1n) is 8.01. The Balaban J connectivity index is 1.72. The molecular weight excluding hydrogens is 421 g/mol. The quantitative estimate of drug-likeness (QED) is 0.318. The Hall–Kier alpha value is -1.79. The SMILES string of the molecule is C=CCN1C(=O)/C(=C/c2cccc(OCc3ccc(Cl)c(Cl)c3)c2)SC1=S. The summed E-state index contributed by atoms with van der Waals surface area (Å²) in [5, 5.41) is 1.00. The van der Waals surface area contributed by atoms with Gasteiger partial charge in [0.25, 0.3) is 5.91 Å². The number of hydrogen-bond donors (Lipinski definition) is 0. The normalized spacial score (nSPS) is 15.5. The Bertz CT molecular complexity index is 943. The minimum atomic E-state index is -0.105. The van der Waals surface area contributed by atoms with E-state index in [1.807, 2.05) is 36.4 Å².